The van der Waals surface area contributed by atoms with Crippen LogP contribution < -0.4 is 14.4 Å². The first-order valence-corrected chi connectivity index (χ1v) is 9.23. The highest BCUT2D eigenvalue weighted by atomic mass is 32.2. The Hall–Kier alpha value is -3.14. The van der Waals surface area contributed by atoms with Crippen LogP contribution in [0, 0.1) is 10.1 Å². The fourth-order valence-corrected chi connectivity index (χ4v) is 2.49. The first-order valence-electron chi connectivity index (χ1n) is 7.38. The van der Waals surface area contributed by atoms with E-state index in [4.69, 9.17) is 4.74 Å². The van der Waals surface area contributed by atoms with Gasteiger partial charge in [-0.2, -0.15) is 0 Å². The Kier molecular flexibility index (Phi) is 5.78. The summed E-state index contributed by atoms with van der Waals surface area (Å²) in [7, 11) is -1.93. The second kappa shape index (κ2) is 7.83. The van der Waals surface area contributed by atoms with Crippen LogP contribution in [0.3, 0.4) is 0 Å². The van der Waals surface area contributed by atoms with Crippen molar-refractivity contribution in [2.45, 2.75) is 0 Å². The number of anilines is 2. The van der Waals surface area contributed by atoms with Crippen molar-refractivity contribution in [3.8, 4) is 5.75 Å². The summed E-state index contributed by atoms with van der Waals surface area (Å²) in [5.41, 5.74) is 0.619. The summed E-state index contributed by atoms with van der Waals surface area (Å²) in [4.78, 5) is 22.0. The minimum absolute atomic E-state index is 0.130. The Morgan fingerprint density at radius 2 is 1.88 bits per heavy atom. The number of carbonyl (C=O) groups excluding carboxylic acids is 1. The molecule has 26 heavy (non-hydrogen) atoms. The van der Waals surface area contributed by atoms with E-state index in [1.807, 2.05) is 0 Å². The first kappa shape index (κ1) is 19.2. The molecule has 0 atom stereocenters. The quantitative estimate of drug-likeness (QED) is 0.580. The maximum Gasteiger partial charge on any atom is 0.271 e. The molecule has 0 aliphatic carbocycles. The van der Waals surface area contributed by atoms with Gasteiger partial charge in [0.05, 0.1) is 16.9 Å². The normalized spacial score (nSPS) is 10.8. The van der Waals surface area contributed by atoms with Crippen LogP contribution in [-0.4, -0.2) is 39.2 Å². The van der Waals surface area contributed by atoms with Gasteiger partial charge in [-0.15, -0.1) is 0 Å². The monoisotopic (exact) mass is 379 g/mol. The van der Waals surface area contributed by atoms with E-state index < -0.39 is 20.9 Å². The molecule has 2 aromatic rings. The van der Waals surface area contributed by atoms with Crippen molar-refractivity contribution in [1.82, 2.24) is 0 Å². The highest BCUT2D eigenvalue weighted by Crippen LogP contribution is 2.20. The van der Waals surface area contributed by atoms with Gasteiger partial charge in [-0.05, 0) is 30.3 Å². The van der Waals surface area contributed by atoms with Crippen LogP contribution in [0.1, 0.15) is 0 Å². The zero-order valence-corrected chi connectivity index (χ0v) is 14.9. The standard InChI is InChI=1S/C16H17N3O6S/c1-18(26(2,23)24)13-6-8-15(9-7-13)25-11-16(20)17-12-4-3-5-14(10-12)19(21)22/h3-10H,11H2,1-2H3,(H,17,20). The lowest BCUT2D eigenvalue weighted by atomic mass is 10.3. The molecule has 1 amide bonds. The van der Waals surface area contributed by atoms with E-state index >= 15 is 0 Å². The Morgan fingerprint density at radius 1 is 1.23 bits per heavy atom. The predicted molar refractivity (Wildman–Crippen MR) is 96.9 cm³/mol. The molecule has 0 aromatic heterocycles. The van der Waals surface area contributed by atoms with Gasteiger partial charge in [-0.1, -0.05) is 6.07 Å². The first-order chi connectivity index (χ1) is 12.2. The van der Waals surface area contributed by atoms with Gasteiger partial charge in [0.25, 0.3) is 11.6 Å². The molecule has 9 nitrogen and oxygen atoms in total. The number of hydrogen-bond donors (Lipinski definition) is 1. The van der Waals surface area contributed by atoms with Gasteiger partial charge in [0.2, 0.25) is 10.0 Å². The zero-order chi connectivity index (χ0) is 19.3. The largest absolute Gasteiger partial charge is 0.484 e. The summed E-state index contributed by atoms with van der Waals surface area (Å²) < 4.78 is 29.4. The third-order valence-electron chi connectivity index (χ3n) is 3.41. The second-order valence-electron chi connectivity index (χ2n) is 5.37. The Labute approximate surface area is 150 Å². The second-order valence-corrected chi connectivity index (χ2v) is 7.38. The maximum absolute atomic E-state index is 11.9. The van der Waals surface area contributed by atoms with Crippen molar-refractivity contribution in [1.29, 1.82) is 0 Å². The van der Waals surface area contributed by atoms with Gasteiger partial charge in [-0.25, -0.2) is 8.42 Å². The number of ether oxygens (including phenoxy) is 1. The van der Waals surface area contributed by atoms with Gasteiger partial charge in [0.15, 0.2) is 6.61 Å². The van der Waals surface area contributed by atoms with Crippen molar-refractivity contribution in [2.75, 3.05) is 29.5 Å². The lowest BCUT2D eigenvalue weighted by Crippen LogP contribution is -2.24. The van der Waals surface area contributed by atoms with Crippen LogP contribution in [-0.2, 0) is 14.8 Å². The number of non-ortho nitro benzene ring substituents is 1. The Morgan fingerprint density at radius 3 is 2.46 bits per heavy atom. The summed E-state index contributed by atoms with van der Waals surface area (Å²) in [6.07, 6.45) is 1.09. The molecule has 0 saturated heterocycles. The maximum atomic E-state index is 11.9. The summed E-state index contributed by atoms with van der Waals surface area (Å²) in [6.45, 7) is -0.302. The van der Waals surface area contributed by atoms with E-state index in [1.165, 1.54) is 43.4 Å². The van der Waals surface area contributed by atoms with Crippen molar-refractivity contribution in [3.05, 3.63) is 58.6 Å². The third-order valence-corrected chi connectivity index (χ3v) is 4.61. The van der Waals surface area contributed by atoms with Crippen molar-refractivity contribution in [2.24, 2.45) is 0 Å². The van der Waals surface area contributed by atoms with Crippen LogP contribution in [0.2, 0.25) is 0 Å². The average molecular weight is 379 g/mol. The fraction of sp³-hybridized carbons (Fsp3) is 0.188. The van der Waals surface area contributed by atoms with Crippen LogP contribution in [0.15, 0.2) is 48.5 Å². The van der Waals surface area contributed by atoms with Crippen molar-refractivity contribution >= 4 is 33.0 Å². The molecular weight excluding hydrogens is 362 g/mol. The summed E-state index contributed by atoms with van der Waals surface area (Å²) in [5.74, 6) is -0.104. The number of carbonyl (C=O) groups is 1. The van der Waals surface area contributed by atoms with Gasteiger partial charge >= 0.3 is 0 Å². The molecule has 0 bridgehead atoms. The molecule has 0 aliphatic heterocycles. The van der Waals surface area contributed by atoms with Crippen LogP contribution in [0.5, 0.6) is 5.75 Å². The molecule has 0 fully saturated rings. The van der Waals surface area contributed by atoms with E-state index in [0.717, 1.165) is 10.6 Å². The van der Waals surface area contributed by atoms with Crippen LogP contribution in [0.25, 0.3) is 0 Å². The summed E-state index contributed by atoms with van der Waals surface area (Å²) >= 11 is 0. The molecule has 1 N–H and O–H groups in total. The van der Waals surface area contributed by atoms with E-state index in [0.29, 0.717) is 11.4 Å². The van der Waals surface area contributed by atoms with Gasteiger partial charge in [-0.3, -0.25) is 19.2 Å². The fourth-order valence-electron chi connectivity index (χ4n) is 1.99. The minimum atomic E-state index is -3.36. The smallest absolute Gasteiger partial charge is 0.271 e. The van der Waals surface area contributed by atoms with Crippen LogP contribution in [0.4, 0.5) is 17.1 Å². The summed E-state index contributed by atoms with van der Waals surface area (Å²) in [5, 5.41) is 13.2. The number of nitrogens with one attached hydrogen (secondary N) is 1. The zero-order valence-electron chi connectivity index (χ0n) is 14.1. The molecule has 10 heteroatoms. The minimum Gasteiger partial charge on any atom is -0.484 e. The highest BCUT2D eigenvalue weighted by molar-refractivity contribution is 7.92. The summed E-state index contributed by atoms with van der Waals surface area (Å²) in [6, 6.07) is 11.7. The topological polar surface area (TPSA) is 119 Å². The average Bonchev–Trinajstić information content (AvgIpc) is 2.59. The molecule has 0 aliphatic rings. The van der Waals surface area contributed by atoms with E-state index in [1.54, 1.807) is 12.1 Å². The molecule has 0 saturated carbocycles. The highest BCUT2D eigenvalue weighted by Gasteiger charge is 2.12. The molecule has 0 radical (unpaired) electrons. The molecule has 0 heterocycles. The number of amides is 1. The Balaban J connectivity index is 1.93. The van der Waals surface area contributed by atoms with Gasteiger partial charge < -0.3 is 10.1 Å². The van der Waals surface area contributed by atoms with Crippen molar-refractivity contribution in [3.63, 3.8) is 0 Å². The number of benzene rings is 2. The SMILES string of the molecule is CN(c1ccc(OCC(=O)Nc2cccc([N+](=O)[O-])c2)cc1)S(C)(=O)=O. The predicted octanol–water partition coefficient (Wildman–Crippen LogP) is 2.01. The van der Waals surface area contributed by atoms with E-state index in [9.17, 15) is 23.3 Å². The molecule has 2 rings (SSSR count). The number of hydrogen-bond acceptors (Lipinski definition) is 6. The lowest BCUT2D eigenvalue weighted by molar-refractivity contribution is -0.384. The van der Waals surface area contributed by atoms with Gasteiger partial charge in [0, 0.05) is 24.9 Å². The molecule has 2 aromatic carbocycles. The number of nitro benzene ring substituents is 1. The molecule has 138 valence electrons. The van der Waals surface area contributed by atoms with Crippen LogP contribution >= 0.6 is 0 Å². The number of nitrogens with zero attached hydrogens (tertiary/aromatic N) is 2. The van der Waals surface area contributed by atoms with E-state index in [-0.39, 0.29) is 18.0 Å². The van der Waals surface area contributed by atoms with Crippen molar-refractivity contribution < 1.29 is 22.9 Å². The third kappa shape index (κ3) is 5.18. The number of sulfonamides is 1. The van der Waals surface area contributed by atoms with E-state index in [2.05, 4.69) is 5.32 Å². The van der Waals surface area contributed by atoms with Gasteiger partial charge in [0.1, 0.15) is 5.75 Å². The molecule has 0 spiro atoms. The lowest BCUT2D eigenvalue weighted by Gasteiger charge is -2.16. The number of rotatable bonds is 7. The molecular formula is C16H17N3O6S. The Bertz CT molecular complexity index is 912. The molecule has 0 unspecified atom stereocenters. The number of nitro groups is 1.